The first-order chi connectivity index (χ1) is 6.27. The van der Waals surface area contributed by atoms with Crippen molar-refractivity contribution < 1.29 is 4.79 Å². The molecule has 0 unspecified atom stereocenters. The van der Waals surface area contributed by atoms with Crippen molar-refractivity contribution in [1.29, 1.82) is 0 Å². The minimum Gasteiger partial charge on any atom is -0.328 e. The van der Waals surface area contributed by atoms with Crippen molar-refractivity contribution in [3.05, 3.63) is 30.1 Å². The number of nitrogens with two attached hydrogens (primary N) is 1. The zero-order valence-electron chi connectivity index (χ0n) is 7.31. The maximum absolute atomic E-state index is 11.7. The van der Waals surface area contributed by atoms with Crippen LogP contribution in [0.25, 0.3) is 0 Å². The Labute approximate surface area is 77.0 Å². The number of aromatic nitrogens is 1. The zero-order chi connectivity index (χ0) is 9.26. The predicted octanol–water partition coefficient (Wildman–Crippen LogP) is 1.00. The van der Waals surface area contributed by atoms with Gasteiger partial charge in [-0.25, -0.2) is 0 Å². The first kappa shape index (κ1) is 8.38. The maximum Gasteiger partial charge on any atom is 0.184 e. The first-order valence-electron chi connectivity index (χ1n) is 4.48. The molecule has 1 saturated carbocycles. The van der Waals surface area contributed by atoms with Gasteiger partial charge in [0.25, 0.3) is 0 Å². The molecule has 3 heteroatoms. The predicted molar refractivity (Wildman–Crippen MR) is 49.3 cm³/mol. The lowest BCUT2D eigenvalue weighted by Crippen LogP contribution is -2.40. The van der Waals surface area contributed by atoms with Gasteiger partial charge in [-0.3, -0.25) is 9.78 Å². The molecule has 13 heavy (non-hydrogen) atoms. The third-order valence-electron chi connectivity index (χ3n) is 2.46. The van der Waals surface area contributed by atoms with Gasteiger partial charge in [-0.05, 0) is 25.0 Å². The number of hydrogen-bond acceptors (Lipinski definition) is 3. The number of carbonyl (C=O) groups is 1. The van der Waals surface area contributed by atoms with Crippen molar-refractivity contribution in [2.75, 3.05) is 0 Å². The number of rotatable bonds is 2. The second-order valence-corrected chi connectivity index (χ2v) is 3.51. The Morgan fingerprint density at radius 1 is 1.46 bits per heavy atom. The van der Waals surface area contributed by atoms with Crippen molar-refractivity contribution >= 4 is 5.78 Å². The molecular weight excluding hydrogens is 164 g/mol. The fourth-order valence-electron chi connectivity index (χ4n) is 1.59. The van der Waals surface area contributed by atoms with Crippen LogP contribution in [-0.2, 0) is 0 Å². The molecule has 1 aliphatic rings. The number of Topliss-reactive ketones (excluding diaryl/α,β-unsaturated/α-hetero) is 1. The van der Waals surface area contributed by atoms with E-state index in [-0.39, 0.29) is 17.7 Å². The molecule has 1 fully saturated rings. The van der Waals surface area contributed by atoms with E-state index in [0.717, 1.165) is 12.8 Å². The summed E-state index contributed by atoms with van der Waals surface area (Å²) in [6, 6.07) is 5.62. The molecule has 3 nitrogen and oxygen atoms in total. The summed E-state index contributed by atoms with van der Waals surface area (Å²) < 4.78 is 0. The molecule has 0 bridgehead atoms. The molecule has 2 rings (SSSR count). The molecule has 2 N–H and O–H groups in total. The lowest BCUT2D eigenvalue weighted by Gasteiger charge is -2.30. The van der Waals surface area contributed by atoms with Crippen LogP contribution >= 0.6 is 0 Å². The highest BCUT2D eigenvalue weighted by molar-refractivity contribution is 5.96. The van der Waals surface area contributed by atoms with E-state index in [1.165, 1.54) is 0 Å². The highest BCUT2D eigenvalue weighted by Gasteiger charge is 2.32. The average Bonchev–Trinajstić information content (AvgIpc) is 2.13. The molecule has 0 aliphatic heterocycles. The van der Waals surface area contributed by atoms with Gasteiger partial charge in [-0.1, -0.05) is 6.07 Å². The molecule has 1 aliphatic carbocycles. The molecule has 0 aromatic carbocycles. The van der Waals surface area contributed by atoms with Crippen LogP contribution < -0.4 is 5.73 Å². The van der Waals surface area contributed by atoms with Crippen LogP contribution in [0.1, 0.15) is 23.3 Å². The van der Waals surface area contributed by atoms with E-state index in [4.69, 9.17) is 5.73 Å². The first-order valence-corrected chi connectivity index (χ1v) is 4.48. The van der Waals surface area contributed by atoms with Gasteiger partial charge in [0.2, 0.25) is 0 Å². The summed E-state index contributed by atoms with van der Waals surface area (Å²) in [5.74, 6) is 0.257. The van der Waals surface area contributed by atoms with Crippen molar-refractivity contribution in [2.45, 2.75) is 18.9 Å². The van der Waals surface area contributed by atoms with Gasteiger partial charge in [-0.2, -0.15) is 0 Å². The molecular formula is C10H12N2O. The molecule has 68 valence electrons. The maximum atomic E-state index is 11.7. The summed E-state index contributed by atoms with van der Waals surface area (Å²) in [5, 5.41) is 0. The Bertz CT molecular complexity index is 304. The van der Waals surface area contributed by atoms with E-state index in [9.17, 15) is 4.79 Å². The van der Waals surface area contributed by atoms with E-state index in [1.807, 2.05) is 12.1 Å². The van der Waals surface area contributed by atoms with E-state index in [2.05, 4.69) is 4.98 Å². The number of pyridine rings is 1. The Balaban J connectivity index is 2.06. The molecule has 1 aromatic rings. The van der Waals surface area contributed by atoms with Crippen LogP contribution in [0.5, 0.6) is 0 Å². The topological polar surface area (TPSA) is 56.0 Å². The van der Waals surface area contributed by atoms with Crippen molar-refractivity contribution in [3.63, 3.8) is 0 Å². The van der Waals surface area contributed by atoms with Gasteiger partial charge in [0, 0.05) is 18.2 Å². The van der Waals surface area contributed by atoms with Crippen LogP contribution in [-0.4, -0.2) is 16.8 Å². The molecule has 0 atom stereocenters. The smallest absolute Gasteiger partial charge is 0.184 e. The van der Waals surface area contributed by atoms with Crippen molar-refractivity contribution in [1.82, 2.24) is 4.98 Å². The van der Waals surface area contributed by atoms with Gasteiger partial charge in [0.15, 0.2) is 5.78 Å². The Morgan fingerprint density at radius 2 is 2.23 bits per heavy atom. The molecule has 0 spiro atoms. The second-order valence-electron chi connectivity index (χ2n) is 3.51. The Kier molecular flexibility index (Phi) is 2.10. The van der Waals surface area contributed by atoms with Gasteiger partial charge in [0.05, 0.1) is 0 Å². The largest absolute Gasteiger partial charge is 0.328 e. The Morgan fingerprint density at radius 3 is 2.77 bits per heavy atom. The SMILES string of the molecule is NC1CC(C(=O)c2ccccn2)C1. The van der Waals surface area contributed by atoms with Crippen LogP contribution in [0, 0.1) is 5.92 Å². The quantitative estimate of drug-likeness (QED) is 0.684. The fraction of sp³-hybridized carbons (Fsp3) is 0.400. The molecule has 1 heterocycles. The summed E-state index contributed by atoms with van der Waals surface area (Å²) in [5.41, 5.74) is 6.18. The van der Waals surface area contributed by atoms with Crippen molar-refractivity contribution in [2.24, 2.45) is 11.7 Å². The second kappa shape index (κ2) is 3.26. The van der Waals surface area contributed by atoms with Crippen LogP contribution in [0.15, 0.2) is 24.4 Å². The summed E-state index contributed by atoms with van der Waals surface area (Å²) in [7, 11) is 0. The van der Waals surface area contributed by atoms with Gasteiger partial charge >= 0.3 is 0 Å². The van der Waals surface area contributed by atoms with Crippen LogP contribution in [0.4, 0.5) is 0 Å². The monoisotopic (exact) mass is 176 g/mol. The number of ketones is 1. The van der Waals surface area contributed by atoms with Gasteiger partial charge < -0.3 is 5.73 Å². The van der Waals surface area contributed by atoms with Gasteiger partial charge in [0.1, 0.15) is 5.69 Å². The molecule has 0 radical (unpaired) electrons. The fourth-order valence-corrected chi connectivity index (χ4v) is 1.59. The summed E-state index contributed by atoms with van der Waals surface area (Å²) >= 11 is 0. The normalized spacial score (nSPS) is 26.5. The summed E-state index contributed by atoms with van der Waals surface area (Å²) in [6.07, 6.45) is 3.27. The molecule has 0 amide bonds. The third kappa shape index (κ3) is 1.60. The van der Waals surface area contributed by atoms with Crippen molar-refractivity contribution in [3.8, 4) is 0 Å². The van der Waals surface area contributed by atoms with E-state index in [0.29, 0.717) is 5.69 Å². The highest BCUT2D eigenvalue weighted by Crippen LogP contribution is 2.28. The lowest BCUT2D eigenvalue weighted by molar-refractivity contribution is 0.0827. The third-order valence-corrected chi connectivity index (χ3v) is 2.46. The summed E-state index contributed by atoms with van der Waals surface area (Å²) in [4.78, 5) is 15.7. The van der Waals surface area contributed by atoms with Crippen LogP contribution in [0.3, 0.4) is 0 Å². The van der Waals surface area contributed by atoms with E-state index < -0.39 is 0 Å². The minimum atomic E-state index is 0.116. The van der Waals surface area contributed by atoms with E-state index >= 15 is 0 Å². The number of carbonyl (C=O) groups excluding carboxylic acids is 1. The lowest BCUT2D eigenvalue weighted by atomic mass is 9.77. The summed E-state index contributed by atoms with van der Waals surface area (Å²) in [6.45, 7) is 0. The zero-order valence-corrected chi connectivity index (χ0v) is 7.31. The standard InChI is InChI=1S/C10H12N2O/c11-8-5-7(6-8)10(13)9-3-1-2-4-12-9/h1-4,7-8H,5-6,11H2. The Hall–Kier alpha value is -1.22. The van der Waals surface area contributed by atoms with Crippen LogP contribution in [0.2, 0.25) is 0 Å². The van der Waals surface area contributed by atoms with E-state index in [1.54, 1.807) is 12.3 Å². The number of hydrogen-bond donors (Lipinski definition) is 1. The van der Waals surface area contributed by atoms with Gasteiger partial charge in [-0.15, -0.1) is 0 Å². The molecule has 1 aromatic heterocycles. The number of nitrogens with zero attached hydrogens (tertiary/aromatic N) is 1. The highest BCUT2D eigenvalue weighted by atomic mass is 16.1. The average molecular weight is 176 g/mol. The minimum absolute atomic E-state index is 0.116. The molecule has 0 saturated heterocycles.